The first kappa shape index (κ1) is 15.2. The van der Waals surface area contributed by atoms with Gasteiger partial charge in [0.1, 0.15) is 0 Å². The van der Waals surface area contributed by atoms with E-state index in [1.165, 1.54) is 0 Å². The molecule has 2 aromatic rings. The average molecular weight is 382 g/mol. The lowest BCUT2D eigenvalue weighted by atomic mass is 10.2. The number of hydrogen-bond donors (Lipinski definition) is 0. The first-order valence-corrected chi connectivity index (χ1v) is 8.08. The van der Waals surface area contributed by atoms with Crippen LogP contribution in [0.15, 0.2) is 41.1 Å². The van der Waals surface area contributed by atoms with Crippen LogP contribution in [0.2, 0.25) is 5.02 Å². The van der Waals surface area contributed by atoms with E-state index in [1.807, 2.05) is 11.0 Å². The smallest absolute Gasteiger partial charge is 0.255 e. The fraction of sp³-hybridized carbons (Fsp3) is 0.267. The van der Waals surface area contributed by atoms with Crippen molar-refractivity contribution in [2.45, 2.75) is 0 Å². The van der Waals surface area contributed by atoms with Gasteiger partial charge in [-0.2, -0.15) is 0 Å². The summed E-state index contributed by atoms with van der Waals surface area (Å²) >= 11 is 9.51. The summed E-state index contributed by atoms with van der Waals surface area (Å²) in [5.41, 5.74) is 0.536. The molecule has 0 unspecified atom stereocenters. The summed E-state index contributed by atoms with van der Waals surface area (Å²) in [6.07, 6.45) is 3.45. The van der Waals surface area contributed by atoms with Crippen LogP contribution in [0.5, 0.6) is 0 Å². The third-order valence-corrected chi connectivity index (χ3v) is 4.37. The second kappa shape index (κ2) is 6.62. The molecule has 0 atom stereocenters. The van der Waals surface area contributed by atoms with Gasteiger partial charge in [0.2, 0.25) is 5.95 Å². The van der Waals surface area contributed by atoms with Gasteiger partial charge in [-0.3, -0.25) is 4.79 Å². The van der Waals surface area contributed by atoms with Crippen molar-refractivity contribution in [2.75, 3.05) is 31.1 Å². The predicted molar refractivity (Wildman–Crippen MR) is 89.3 cm³/mol. The van der Waals surface area contributed by atoms with E-state index >= 15 is 0 Å². The van der Waals surface area contributed by atoms with E-state index in [2.05, 4.69) is 30.8 Å². The lowest BCUT2D eigenvalue weighted by Crippen LogP contribution is -2.49. The Labute approximate surface area is 142 Å². The summed E-state index contributed by atoms with van der Waals surface area (Å²) in [7, 11) is 0. The number of carbonyl (C=O) groups is 1. The molecule has 1 fully saturated rings. The Kier molecular flexibility index (Phi) is 4.59. The number of carbonyl (C=O) groups excluding carboxylic acids is 1. The molecule has 2 heterocycles. The minimum absolute atomic E-state index is 0.0360. The molecule has 0 saturated carbocycles. The Morgan fingerprint density at radius 3 is 2.45 bits per heavy atom. The van der Waals surface area contributed by atoms with Crippen LogP contribution in [0.1, 0.15) is 10.4 Å². The number of amides is 1. The van der Waals surface area contributed by atoms with Crippen LogP contribution in [0.4, 0.5) is 5.95 Å². The number of anilines is 1. The first-order chi connectivity index (χ1) is 10.6. The molecule has 22 heavy (non-hydrogen) atoms. The van der Waals surface area contributed by atoms with Gasteiger partial charge in [0.05, 0.1) is 10.6 Å². The second-order valence-corrected chi connectivity index (χ2v) is 6.28. The molecule has 5 nitrogen and oxygen atoms in total. The molecular formula is C15H14BrClN4O. The molecule has 1 saturated heterocycles. The van der Waals surface area contributed by atoms with Crippen molar-refractivity contribution in [3.05, 3.63) is 51.7 Å². The maximum absolute atomic E-state index is 12.6. The molecule has 0 N–H and O–H groups in total. The van der Waals surface area contributed by atoms with Crippen molar-refractivity contribution in [3.63, 3.8) is 0 Å². The third kappa shape index (κ3) is 3.23. The summed E-state index contributed by atoms with van der Waals surface area (Å²) in [6.45, 7) is 2.68. The first-order valence-electron chi connectivity index (χ1n) is 6.91. The molecular weight excluding hydrogens is 368 g/mol. The van der Waals surface area contributed by atoms with Crippen LogP contribution < -0.4 is 4.90 Å². The van der Waals surface area contributed by atoms with Crippen LogP contribution in [0, 0.1) is 0 Å². The number of piperazine rings is 1. The molecule has 0 aliphatic carbocycles. The number of nitrogens with zero attached hydrogens (tertiary/aromatic N) is 4. The van der Waals surface area contributed by atoms with E-state index in [0.29, 0.717) is 42.7 Å². The summed E-state index contributed by atoms with van der Waals surface area (Å²) in [5, 5.41) is 0.466. The van der Waals surface area contributed by atoms with Crippen molar-refractivity contribution in [2.24, 2.45) is 0 Å². The van der Waals surface area contributed by atoms with Crippen molar-refractivity contribution >= 4 is 39.4 Å². The Balaban J connectivity index is 1.67. The van der Waals surface area contributed by atoms with Crippen molar-refractivity contribution in [1.82, 2.24) is 14.9 Å². The van der Waals surface area contributed by atoms with Crippen molar-refractivity contribution in [3.8, 4) is 0 Å². The SMILES string of the molecule is O=C(c1ccc(Br)cc1Cl)N1CCN(c2ncccn2)CC1. The molecule has 0 bridgehead atoms. The van der Waals surface area contributed by atoms with Gasteiger partial charge in [-0.25, -0.2) is 9.97 Å². The number of halogens is 2. The van der Waals surface area contributed by atoms with Gasteiger partial charge in [0.25, 0.3) is 5.91 Å². The largest absolute Gasteiger partial charge is 0.337 e. The number of rotatable bonds is 2. The molecule has 114 valence electrons. The number of aromatic nitrogens is 2. The molecule has 0 spiro atoms. The molecule has 1 aromatic heterocycles. The predicted octanol–water partition coefficient (Wildman–Crippen LogP) is 2.85. The zero-order chi connectivity index (χ0) is 15.5. The van der Waals surface area contributed by atoms with Gasteiger partial charge in [-0.1, -0.05) is 27.5 Å². The summed E-state index contributed by atoms with van der Waals surface area (Å²) in [6, 6.07) is 7.11. The molecule has 1 aliphatic heterocycles. The Morgan fingerprint density at radius 1 is 1.14 bits per heavy atom. The fourth-order valence-corrected chi connectivity index (χ4v) is 3.15. The Bertz CT molecular complexity index is 674. The summed E-state index contributed by atoms with van der Waals surface area (Å²) in [4.78, 5) is 24.9. The molecule has 1 amide bonds. The quantitative estimate of drug-likeness (QED) is 0.802. The van der Waals surface area contributed by atoms with Gasteiger partial charge in [-0.15, -0.1) is 0 Å². The van der Waals surface area contributed by atoms with E-state index in [-0.39, 0.29) is 5.91 Å². The highest BCUT2D eigenvalue weighted by molar-refractivity contribution is 9.10. The summed E-state index contributed by atoms with van der Waals surface area (Å²) < 4.78 is 0.861. The average Bonchev–Trinajstić information content (AvgIpc) is 2.55. The van der Waals surface area contributed by atoms with Gasteiger partial charge in [0, 0.05) is 43.0 Å². The zero-order valence-electron chi connectivity index (χ0n) is 11.7. The van der Waals surface area contributed by atoms with Crippen molar-refractivity contribution in [1.29, 1.82) is 0 Å². The van der Waals surface area contributed by atoms with E-state index in [0.717, 1.165) is 4.47 Å². The highest BCUT2D eigenvalue weighted by Gasteiger charge is 2.24. The Morgan fingerprint density at radius 2 is 1.82 bits per heavy atom. The number of hydrogen-bond acceptors (Lipinski definition) is 4. The minimum Gasteiger partial charge on any atom is -0.337 e. The lowest BCUT2D eigenvalue weighted by Gasteiger charge is -2.34. The van der Waals surface area contributed by atoms with Gasteiger partial charge < -0.3 is 9.80 Å². The molecule has 7 heteroatoms. The third-order valence-electron chi connectivity index (χ3n) is 3.56. The zero-order valence-corrected chi connectivity index (χ0v) is 14.1. The van der Waals surface area contributed by atoms with Crippen LogP contribution >= 0.6 is 27.5 Å². The monoisotopic (exact) mass is 380 g/mol. The maximum Gasteiger partial charge on any atom is 0.255 e. The van der Waals surface area contributed by atoms with E-state index in [9.17, 15) is 4.79 Å². The normalized spacial score (nSPS) is 15.0. The van der Waals surface area contributed by atoms with Crippen LogP contribution in [-0.4, -0.2) is 47.0 Å². The summed E-state index contributed by atoms with van der Waals surface area (Å²) in [5.74, 6) is 0.669. The van der Waals surface area contributed by atoms with E-state index in [1.54, 1.807) is 30.6 Å². The maximum atomic E-state index is 12.6. The van der Waals surface area contributed by atoms with E-state index in [4.69, 9.17) is 11.6 Å². The highest BCUT2D eigenvalue weighted by Crippen LogP contribution is 2.23. The second-order valence-electron chi connectivity index (χ2n) is 4.95. The van der Waals surface area contributed by atoms with Crippen LogP contribution in [0.25, 0.3) is 0 Å². The fourth-order valence-electron chi connectivity index (χ4n) is 2.40. The lowest BCUT2D eigenvalue weighted by molar-refractivity contribution is 0.0746. The molecule has 3 rings (SSSR count). The highest BCUT2D eigenvalue weighted by atomic mass is 79.9. The number of benzene rings is 1. The molecule has 1 aliphatic rings. The standard InChI is InChI=1S/C15H14BrClN4O/c16-11-2-3-12(13(17)10-11)14(22)20-6-8-21(9-7-20)15-18-4-1-5-19-15/h1-5,10H,6-9H2. The minimum atomic E-state index is -0.0360. The molecule has 0 radical (unpaired) electrons. The Hall–Kier alpha value is -1.66. The van der Waals surface area contributed by atoms with Crippen LogP contribution in [-0.2, 0) is 0 Å². The van der Waals surface area contributed by atoms with Gasteiger partial charge >= 0.3 is 0 Å². The molecule has 1 aromatic carbocycles. The van der Waals surface area contributed by atoms with E-state index < -0.39 is 0 Å². The van der Waals surface area contributed by atoms with Gasteiger partial charge in [0.15, 0.2) is 0 Å². The van der Waals surface area contributed by atoms with Crippen LogP contribution in [0.3, 0.4) is 0 Å². The topological polar surface area (TPSA) is 49.3 Å². The van der Waals surface area contributed by atoms with Gasteiger partial charge in [-0.05, 0) is 24.3 Å². The van der Waals surface area contributed by atoms with Crippen molar-refractivity contribution < 1.29 is 4.79 Å².